The Morgan fingerprint density at radius 3 is 2.50 bits per heavy atom. The van der Waals surface area contributed by atoms with Gasteiger partial charge < -0.3 is 15.3 Å². The molecule has 2 aromatic rings. The molecule has 0 heterocycles. The highest BCUT2D eigenvalue weighted by Gasteiger charge is 2.06. The average molecular weight is 297 g/mol. The molecule has 0 aliphatic heterocycles. The second-order valence-electron chi connectivity index (χ2n) is 5.18. The average Bonchev–Trinajstić information content (AvgIpc) is 2.52. The van der Waals surface area contributed by atoms with Gasteiger partial charge in [-0.3, -0.25) is 0 Å². The van der Waals surface area contributed by atoms with Gasteiger partial charge in [-0.2, -0.15) is 0 Å². The molecule has 0 radical (unpaired) electrons. The van der Waals surface area contributed by atoms with Gasteiger partial charge in [0.15, 0.2) is 5.96 Å². The SMILES string of the molecule is CCNC(=NCc1cccc(O)c1)N(C)Cc1ccccc1. The zero-order chi connectivity index (χ0) is 15.8. The van der Waals surface area contributed by atoms with E-state index in [1.54, 1.807) is 12.1 Å². The van der Waals surface area contributed by atoms with E-state index in [1.165, 1.54) is 5.56 Å². The third kappa shape index (κ3) is 4.81. The van der Waals surface area contributed by atoms with Crippen LogP contribution in [0.1, 0.15) is 18.1 Å². The summed E-state index contributed by atoms with van der Waals surface area (Å²) < 4.78 is 0. The molecule has 0 aliphatic rings. The molecule has 0 atom stereocenters. The maximum absolute atomic E-state index is 9.51. The maximum Gasteiger partial charge on any atom is 0.194 e. The molecule has 0 fully saturated rings. The van der Waals surface area contributed by atoms with Crippen molar-refractivity contribution >= 4 is 5.96 Å². The smallest absolute Gasteiger partial charge is 0.194 e. The van der Waals surface area contributed by atoms with E-state index in [9.17, 15) is 5.11 Å². The van der Waals surface area contributed by atoms with Gasteiger partial charge in [0.05, 0.1) is 6.54 Å². The summed E-state index contributed by atoms with van der Waals surface area (Å²) in [5.74, 6) is 1.13. The fourth-order valence-electron chi connectivity index (χ4n) is 2.22. The molecule has 0 saturated carbocycles. The third-order valence-corrected chi connectivity index (χ3v) is 3.28. The molecule has 0 spiro atoms. The maximum atomic E-state index is 9.51. The number of hydrogen-bond donors (Lipinski definition) is 2. The normalized spacial score (nSPS) is 11.3. The predicted octanol–water partition coefficient (Wildman–Crippen LogP) is 2.99. The molecule has 0 amide bonds. The van der Waals surface area contributed by atoms with Crippen molar-refractivity contribution in [3.05, 3.63) is 65.7 Å². The first-order valence-electron chi connectivity index (χ1n) is 7.50. The number of hydrogen-bond acceptors (Lipinski definition) is 2. The number of guanidine groups is 1. The Morgan fingerprint density at radius 2 is 1.82 bits per heavy atom. The summed E-state index contributed by atoms with van der Waals surface area (Å²) in [6, 6.07) is 17.5. The van der Waals surface area contributed by atoms with E-state index in [2.05, 4.69) is 34.3 Å². The number of phenols is 1. The molecule has 0 aliphatic carbocycles. The zero-order valence-corrected chi connectivity index (χ0v) is 13.2. The van der Waals surface area contributed by atoms with Crippen molar-refractivity contribution in [1.29, 1.82) is 0 Å². The number of nitrogens with one attached hydrogen (secondary N) is 1. The number of benzene rings is 2. The molecular weight excluding hydrogens is 274 g/mol. The summed E-state index contributed by atoms with van der Waals surface area (Å²) in [7, 11) is 2.02. The lowest BCUT2D eigenvalue weighted by molar-refractivity contribution is 0.473. The van der Waals surface area contributed by atoms with Gasteiger partial charge in [0.2, 0.25) is 0 Å². The first-order chi connectivity index (χ1) is 10.7. The van der Waals surface area contributed by atoms with Crippen molar-refractivity contribution in [2.24, 2.45) is 4.99 Å². The fourth-order valence-corrected chi connectivity index (χ4v) is 2.22. The molecule has 4 nitrogen and oxygen atoms in total. The second kappa shape index (κ2) is 8.08. The Hall–Kier alpha value is -2.49. The summed E-state index contributed by atoms with van der Waals surface area (Å²) in [6.45, 7) is 4.21. The van der Waals surface area contributed by atoms with E-state index < -0.39 is 0 Å². The summed E-state index contributed by atoms with van der Waals surface area (Å²) in [5, 5.41) is 12.8. The van der Waals surface area contributed by atoms with Gasteiger partial charge in [0.25, 0.3) is 0 Å². The van der Waals surface area contributed by atoms with Gasteiger partial charge in [0.1, 0.15) is 5.75 Å². The van der Waals surface area contributed by atoms with Crippen molar-refractivity contribution < 1.29 is 5.11 Å². The van der Waals surface area contributed by atoms with Crippen LogP contribution in [0, 0.1) is 0 Å². The zero-order valence-electron chi connectivity index (χ0n) is 13.2. The highest BCUT2D eigenvalue weighted by Crippen LogP contribution is 2.12. The Morgan fingerprint density at radius 1 is 1.09 bits per heavy atom. The quantitative estimate of drug-likeness (QED) is 0.659. The standard InChI is InChI=1S/C18H23N3O/c1-3-19-18(20-13-16-10-7-11-17(22)12-16)21(2)14-15-8-5-4-6-9-15/h4-12,22H,3,13-14H2,1-2H3,(H,19,20). The molecule has 0 aromatic heterocycles. The van der Waals surface area contributed by atoms with Crippen LogP contribution in [0.25, 0.3) is 0 Å². The van der Waals surface area contributed by atoms with Crippen molar-refractivity contribution in [3.8, 4) is 5.75 Å². The number of nitrogens with zero attached hydrogens (tertiary/aromatic N) is 2. The van der Waals surface area contributed by atoms with E-state index in [0.717, 1.165) is 24.6 Å². The molecule has 22 heavy (non-hydrogen) atoms. The van der Waals surface area contributed by atoms with Gasteiger partial charge in [0, 0.05) is 20.1 Å². The first kappa shape index (κ1) is 15.9. The Balaban J connectivity index is 2.06. The van der Waals surface area contributed by atoms with E-state index in [1.807, 2.05) is 37.4 Å². The molecule has 2 N–H and O–H groups in total. The molecule has 0 saturated heterocycles. The number of aromatic hydroxyl groups is 1. The minimum absolute atomic E-state index is 0.273. The summed E-state index contributed by atoms with van der Waals surface area (Å²) >= 11 is 0. The minimum atomic E-state index is 0.273. The van der Waals surface area contributed by atoms with Crippen LogP contribution in [0.3, 0.4) is 0 Å². The van der Waals surface area contributed by atoms with Crippen molar-refractivity contribution in [2.45, 2.75) is 20.0 Å². The van der Waals surface area contributed by atoms with Crippen molar-refractivity contribution in [1.82, 2.24) is 10.2 Å². The fraction of sp³-hybridized carbons (Fsp3) is 0.278. The molecule has 2 rings (SSSR count). The molecule has 0 unspecified atom stereocenters. The highest BCUT2D eigenvalue weighted by molar-refractivity contribution is 5.79. The largest absolute Gasteiger partial charge is 0.508 e. The van der Waals surface area contributed by atoms with Gasteiger partial charge >= 0.3 is 0 Å². The van der Waals surface area contributed by atoms with Gasteiger partial charge in [-0.1, -0.05) is 42.5 Å². The van der Waals surface area contributed by atoms with Crippen molar-refractivity contribution in [3.63, 3.8) is 0 Å². The number of rotatable bonds is 5. The van der Waals surface area contributed by atoms with E-state index in [4.69, 9.17) is 0 Å². The van der Waals surface area contributed by atoms with Crippen LogP contribution in [-0.4, -0.2) is 29.6 Å². The van der Waals surface area contributed by atoms with Gasteiger partial charge in [-0.25, -0.2) is 4.99 Å². The van der Waals surface area contributed by atoms with Crippen LogP contribution < -0.4 is 5.32 Å². The monoisotopic (exact) mass is 297 g/mol. The summed E-state index contributed by atoms with van der Waals surface area (Å²) in [6.07, 6.45) is 0. The van der Waals surface area contributed by atoms with Crippen LogP contribution in [0.5, 0.6) is 5.75 Å². The lowest BCUT2D eigenvalue weighted by atomic mass is 10.2. The Labute approximate surface area is 132 Å². The summed E-state index contributed by atoms with van der Waals surface area (Å²) in [4.78, 5) is 6.74. The molecular formula is C18H23N3O. The first-order valence-corrected chi connectivity index (χ1v) is 7.50. The minimum Gasteiger partial charge on any atom is -0.508 e. The predicted molar refractivity (Wildman–Crippen MR) is 90.8 cm³/mol. The molecule has 4 heteroatoms. The molecule has 116 valence electrons. The second-order valence-corrected chi connectivity index (χ2v) is 5.18. The van der Waals surface area contributed by atoms with Gasteiger partial charge in [-0.05, 0) is 30.2 Å². The molecule has 2 aromatic carbocycles. The van der Waals surface area contributed by atoms with Gasteiger partial charge in [-0.15, -0.1) is 0 Å². The van der Waals surface area contributed by atoms with E-state index in [0.29, 0.717) is 6.54 Å². The number of phenolic OH excluding ortho intramolecular Hbond substituents is 1. The number of aliphatic imine (C=N–C) groups is 1. The van der Waals surface area contributed by atoms with E-state index in [-0.39, 0.29) is 5.75 Å². The molecule has 0 bridgehead atoms. The van der Waals surface area contributed by atoms with Crippen LogP contribution >= 0.6 is 0 Å². The highest BCUT2D eigenvalue weighted by atomic mass is 16.3. The third-order valence-electron chi connectivity index (χ3n) is 3.28. The van der Waals surface area contributed by atoms with E-state index >= 15 is 0 Å². The Kier molecular flexibility index (Phi) is 5.83. The lowest BCUT2D eigenvalue weighted by Gasteiger charge is -2.22. The van der Waals surface area contributed by atoms with Crippen LogP contribution in [0.15, 0.2) is 59.6 Å². The van der Waals surface area contributed by atoms with Crippen molar-refractivity contribution in [2.75, 3.05) is 13.6 Å². The van der Waals surface area contributed by atoms with Crippen LogP contribution in [-0.2, 0) is 13.1 Å². The lowest BCUT2D eigenvalue weighted by Crippen LogP contribution is -2.38. The van der Waals surface area contributed by atoms with Crippen LogP contribution in [0.2, 0.25) is 0 Å². The Bertz CT molecular complexity index is 611. The van der Waals surface area contributed by atoms with Crippen LogP contribution in [0.4, 0.5) is 0 Å². The topological polar surface area (TPSA) is 47.9 Å². The summed E-state index contributed by atoms with van der Waals surface area (Å²) in [5.41, 5.74) is 2.23.